The summed E-state index contributed by atoms with van der Waals surface area (Å²) in [4.78, 5) is 14.6. The number of carbonyl (C=O) groups excluding carboxylic acids is 1. The van der Waals surface area contributed by atoms with E-state index in [4.69, 9.17) is 4.74 Å². The van der Waals surface area contributed by atoms with E-state index >= 15 is 0 Å². The van der Waals surface area contributed by atoms with Crippen molar-refractivity contribution in [2.45, 2.75) is 20.5 Å². The predicted molar refractivity (Wildman–Crippen MR) is 44.4 cm³/mol. The van der Waals surface area contributed by atoms with Gasteiger partial charge in [0.25, 0.3) is 0 Å². The van der Waals surface area contributed by atoms with Crippen LogP contribution in [0.3, 0.4) is 0 Å². The van der Waals surface area contributed by atoms with Gasteiger partial charge < -0.3 is 4.74 Å². The highest BCUT2D eigenvalue weighted by molar-refractivity contribution is 5.65. The lowest BCUT2D eigenvalue weighted by atomic mass is 10.2. The van der Waals surface area contributed by atoms with Gasteiger partial charge in [-0.3, -0.25) is 9.78 Å². The largest absolute Gasteiger partial charge is 0.459 e. The Balaban J connectivity index is 2.63. The Morgan fingerprint density at radius 3 is 3.00 bits per heavy atom. The van der Waals surface area contributed by atoms with E-state index in [1.165, 1.54) is 6.92 Å². The number of pyridine rings is 1. The quantitative estimate of drug-likeness (QED) is 0.622. The van der Waals surface area contributed by atoms with Crippen LogP contribution in [0.4, 0.5) is 0 Å². The Morgan fingerprint density at radius 1 is 1.67 bits per heavy atom. The number of hydrogen-bond acceptors (Lipinski definition) is 3. The van der Waals surface area contributed by atoms with Gasteiger partial charge in [0.05, 0.1) is 5.69 Å². The molecule has 0 saturated carbocycles. The average Bonchev–Trinajstić information content (AvgIpc) is 2.03. The van der Waals surface area contributed by atoms with Crippen molar-refractivity contribution in [3.63, 3.8) is 0 Å². The fraction of sp³-hybridized carbons (Fsp3) is 0.333. The predicted octanol–water partition coefficient (Wildman–Crippen LogP) is 1.45. The van der Waals surface area contributed by atoms with Crippen molar-refractivity contribution in [2.75, 3.05) is 0 Å². The molecule has 0 bridgehead atoms. The molecular weight excluding hydrogens is 154 g/mol. The molecule has 0 aliphatic heterocycles. The summed E-state index contributed by atoms with van der Waals surface area (Å²) in [7, 11) is 0. The van der Waals surface area contributed by atoms with Gasteiger partial charge in [0.15, 0.2) is 0 Å². The normalized spacial score (nSPS) is 9.50. The molecule has 1 aromatic heterocycles. The summed E-state index contributed by atoms with van der Waals surface area (Å²) in [5.74, 6) is -0.278. The number of esters is 1. The molecule has 0 fully saturated rings. The third-order valence-corrected chi connectivity index (χ3v) is 1.53. The van der Waals surface area contributed by atoms with Crippen molar-refractivity contribution in [1.29, 1.82) is 0 Å². The van der Waals surface area contributed by atoms with Crippen molar-refractivity contribution in [2.24, 2.45) is 0 Å². The minimum atomic E-state index is -0.278. The van der Waals surface area contributed by atoms with E-state index in [-0.39, 0.29) is 12.6 Å². The summed E-state index contributed by atoms with van der Waals surface area (Å²) < 4.78 is 4.81. The molecule has 1 aromatic rings. The maximum absolute atomic E-state index is 10.5. The van der Waals surface area contributed by atoms with Crippen LogP contribution >= 0.6 is 0 Å². The Kier molecular flexibility index (Phi) is 2.80. The topological polar surface area (TPSA) is 39.2 Å². The Labute approximate surface area is 71.4 Å². The van der Waals surface area contributed by atoms with Crippen LogP contribution in [-0.2, 0) is 16.1 Å². The van der Waals surface area contributed by atoms with Crippen LogP contribution in [0.25, 0.3) is 0 Å². The van der Waals surface area contributed by atoms with Crippen molar-refractivity contribution in [3.8, 4) is 0 Å². The van der Waals surface area contributed by atoms with Gasteiger partial charge >= 0.3 is 5.97 Å². The molecule has 0 atom stereocenters. The van der Waals surface area contributed by atoms with Crippen LogP contribution in [0.5, 0.6) is 0 Å². The molecule has 0 radical (unpaired) electrons. The number of nitrogens with zero attached hydrogens (tertiary/aromatic N) is 1. The van der Waals surface area contributed by atoms with E-state index in [9.17, 15) is 4.79 Å². The molecule has 0 spiro atoms. The lowest BCUT2D eigenvalue weighted by Gasteiger charge is -2.03. The number of rotatable bonds is 2. The molecule has 12 heavy (non-hydrogen) atoms. The molecule has 3 heteroatoms. The van der Waals surface area contributed by atoms with Crippen molar-refractivity contribution >= 4 is 5.97 Å². The molecule has 0 aromatic carbocycles. The fourth-order valence-corrected chi connectivity index (χ4v) is 0.839. The molecule has 0 amide bonds. The molecule has 3 nitrogen and oxygen atoms in total. The molecule has 0 saturated heterocycles. The van der Waals surface area contributed by atoms with Crippen molar-refractivity contribution < 1.29 is 9.53 Å². The summed E-state index contributed by atoms with van der Waals surface area (Å²) in [6.07, 6.45) is 1.69. The second-order valence-electron chi connectivity index (χ2n) is 2.55. The van der Waals surface area contributed by atoms with E-state index in [1.54, 1.807) is 6.20 Å². The zero-order valence-electron chi connectivity index (χ0n) is 7.20. The van der Waals surface area contributed by atoms with Crippen LogP contribution in [0.2, 0.25) is 0 Å². The van der Waals surface area contributed by atoms with Crippen molar-refractivity contribution in [3.05, 3.63) is 29.6 Å². The number of aromatic nitrogens is 1. The molecule has 0 unspecified atom stereocenters. The monoisotopic (exact) mass is 165 g/mol. The van der Waals surface area contributed by atoms with Crippen molar-refractivity contribution in [1.82, 2.24) is 4.98 Å². The molecule has 0 aliphatic carbocycles. The lowest BCUT2D eigenvalue weighted by Crippen LogP contribution is -2.01. The average molecular weight is 165 g/mol. The maximum Gasteiger partial charge on any atom is 0.303 e. The second-order valence-corrected chi connectivity index (χ2v) is 2.55. The lowest BCUT2D eigenvalue weighted by molar-refractivity contribution is -0.142. The standard InChI is InChI=1S/C9H11NO2/c1-7-4-3-5-10-9(7)6-12-8(2)11/h3-5H,6H2,1-2H3. The smallest absolute Gasteiger partial charge is 0.303 e. The van der Waals surface area contributed by atoms with E-state index in [1.807, 2.05) is 19.1 Å². The van der Waals surface area contributed by atoms with Gasteiger partial charge in [0.2, 0.25) is 0 Å². The van der Waals surface area contributed by atoms with Gasteiger partial charge in [-0.2, -0.15) is 0 Å². The van der Waals surface area contributed by atoms with E-state index in [0.717, 1.165) is 11.3 Å². The highest BCUT2D eigenvalue weighted by Gasteiger charge is 1.99. The fourth-order valence-electron chi connectivity index (χ4n) is 0.839. The van der Waals surface area contributed by atoms with Gasteiger partial charge in [-0.15, -0.1) is 0 Å². The first kappa shape index (κ1) is 8.71. The minimum Gasteiger partial charge on any atom is -0.459 e. The highest BCUT2D eigenvalue weighted by Crippen LogP contribution is 2.04. The van der Waals surface area contributed by atoms with E-state index < -0.39 is 0 Å². The van der Waals surface area contributed by atoms with Gasteiger partial charge in [-0.05, 0) is 18.6 Å². The van der Waals surface area contributed by atoms with Gasteiger partial charge in [0, 0.05) is 13.1 Å². The molecular formula is C9H11NO2. The van der Waals surface area contributed by atoms with Crippen LogP contribution in [0.1, 0.15) is 18.2 Å². The second kappa shape index (κ2) is 3.85. The first-order valence-electron chi connectivity index (χ1n) is 3.74. The zero-order chi connectivity index (χ0) is 8.97. The number of carbonyl (C=O) groups is 1. The summed E-state index contributed by atoms with van der Waals surface area (Å²) in [6, 6.07) is 3.79. The van der Waals surface area contributed by atoms with E-state index in [0.29, 0.717) is 0 Å². The Hall–Kier alpha value is -1.38. The molecule has 1 rings (SSSR count). The molecule has 0 aliphatic rings. The third-order valence-electron chi connectivity index (χ3n) is 1.53. The summed E-state index contributed by atoms with van der Waals surface area (Å²) >= 11 is 0. The van der Waals surface area contributed by atoms with Gasteiger partial charge in [0.1, 0.15) is 6.61 Å². The first-order chi connectivity index (χ1) is 5.70. The van der Waals surface area contributed by atoms with Gasteiger partial charge in [-0.1, -0.05) is 6.07 Å². The molecule has 1 heterocycles. The van der Waals surface area contributed by atoms with Crippen LogP contribution in [0.15, 0.2) is 18.3 Å². The van der Waals surface area contributed by atoms with Crippen LogP contribution in [0, 0.1) is 6.92 Å². The Bertz CT molecular complexity index is 284. The Morgan fingerprint density at radius 2 is 2.42 bits per heavy atom. The summed E-state index contributed by atoms with van der Waals surface area (Å²) in [5.41, 5.74) is 1.85. The molecule has 0 N–H and O–H groups in total. The highest BCUT2D eigenvalue weighted by atomic mass is 16.5. The SMILES string of the molecule is CC(=O)OCc1ncccc1C. The van der Waals surface area contributed by atoms with Crippen LogP contribution < -0.4 is 0 Å². The number of aryl methyl sites for hydroxylation is 1. The minimum absolute atomic E-state index is 0.266. The zero-order valence-corrected chi connectivity index (χ0v) is 7.20. The van der Waals surface area contributed by atoms with Crippen LogP contribution in [-0.4, -0.2) is 11.0 Å². The van der Waals surface area contributed by atoms with E-state index in [2.05, 4.69) is 4.98 Å². The third kappa shape index (κ3) is 2.34. The van der Waals surface area contributed by atoms with Gasteiger partial charge in [-0.25, -0.2) is 0 Å². The number of hydrogen-bond donors (Lipinski definition) is 0. The summed E-state index contributed by atoms with van der Waals surface area (Å²) in [5, 5.41) is 0. The maximum atomic E-state index is 10.5. The molecule has 64 valence electrons. The first-order valence-corrected chi connectivity index (χ1v) is 3.74. The number of ether oxygens (including phenoxy) is 1. The summed E-state index contributed by atoms with van der Waals surface area (Å²) in [6.45, 7) is 3.59.